The van der Waals surface area contributed by atoms with E-state index in [1.807, 2.05) is 0 Å². The Balaban J connectivity index is 1.77. The molecule has 7 nitrogen and oxygen atoms in total. The normalized spacial score (nSPS) is 24.0. The van der Waals surface area contributed by atoms with Gasteiger partial charge >= 0.3 is 0 Å². The molecule has 8 heteroatoms. The molecule has 1 heterocycles. The SMILES string of the molecule is CC1(O)CCC(NC(=O)Cc2cc(Cl)ccc2O)(NC(=O)c2ccccn2)CC1. The minimum Gasteiger partial charge on any atom is -0.508 e. The molecular weight excluding hydrogens is 394 g/mol. The highest BCUT2D eigenvalue weighted by Crippen LogP contribution is 2.33. The molecule has 0 aliphatic heterocycles. The van der Waals surface area contributed by atoms with Crippen molar-refractivity contribution in [3.8, 4) is 5.75 Å². The van der Waals surface area contributed by atoms with Crippen molar-refractivity contribution in [1.29, 1.82) is 0 Å². The Labute approximate surface area is 174 Å². The summed E-state index contributed by atoms with van der Waals surface area (Å²) in [6.07, 6.45) is 2.99. The average molecular weight is 418 g/mol. The third kappa shape index (κ3) is 5.46. The lowest BCUT2D eigenvalue weighted by Crippen LogP contribution is -2.63. The van der Waals surface area contributed by atoms with Gasteiger partial charge in [-0.1, -0.05) is 17.7 Å². The van der Waals surface area contributed by atoms with Gasteiger partial charge < -0.3 is 20.8 Å². The molecule has 1 aliphatic rings. The van der Waals surface area contributed by atoms with E-state index in [4.69, 9.17) is 11.6 Å². The molecule has 2 amide bonds. The number of carbonyl (C=O) groups is 2. The van der Waals surface area contributed by atoms with Gasteiger partial charge in [0.15, 0.2) is 0 Å². The zero-order chi connectivity index (χ0) is 21.1. The monoisotopic (exact) mass is 417 g/mol. The predicted molar refractivity (Wildman–Crippen MR) is 108 cm³/mol. The molecule has 1 saturated carbocycles. The summed E-state index contributed by atoms with van der Waals surface area (Å²) >= 11 is 5.95. The van der Waals surface area contributed by atoms with Crippen LogP contribution in [0.5, 0.6) is 5.75 Å². The van der Waals surface area contributed by atoms with E-state index in [0.717, 1.165) is 0 Å². The van der Waals surface area contributed by atoms with Gasteiger partial charge in [-0.2, -0.15) is 0 Å². The third-order valence-electron chi connectivity index (χ3n) is 5.20. The maximum Gasteiger partial charge on any atom is 0.271 e. The Kier molecular flexibility index (Phi) is 6.10. The number of nitrogens with zero attached hydrogens (tertiary/aromatic N) is 1. The zero-order valence-electron chi connectivity index (χ0n) is 16.1. The number of nitrogens with one attached hydrogen (secondary N) is 2. The van der Waals surface area contributed by atoms with Gasteiger partial charge in [0, 0.05) is 16.8 Å². The lowest BCUT2D eigenvalue weighted by atomic mass is 9.79. The van der Waals surface area contributed by atoms with Crippen LogP contribution >= 0.6 is 11.6 Å². The van der Waals surface area contributed by atoms with Crippen LogP contribution in [0.15, 0.2) is 42.6 Å². The van der Waals surface area contributed by atoms with Crippen LogP contribution in [-0.2, 0) is 11.2 Å². The first-order valence-corrected chi connectivity index (χ1v) is 9.80. The molecule has 2 aromatic rings. The maximum atomic E-state index is 12.7. The second-order valence-corrected chi connectivity index (χ2v) is 8.18. The van der Waals surface area contributed by atoms with Crippen LogP contribution in [0.1, 0.15) is 48.7 Å². The molecule has 0 bridgehead atoms. The molecule has 0 radical (unpaired) electrons. The number of rotatable bonds is 5. The largest absolute Gasteiger partial charge is 0.508 e. The van der Waals surface area contributed by atoms with Crippen molar-refractivity contribution in [2.75, 3.05) is 0 Å². The van der Waals surface area contributed by atoms with Gasteiger partial charge in [0.05, 0.1) is 12.0 Å². The first-order valence-electron chi connectivity index (χ1n) is 9.42. The average Bonchev–Trinajstić information content (AvgIpc) is 2.68. The number of carbonyl (C=O) groups excluding carboxylic acids is 2. The van der Waals surface area contributed by atoms with Crippen LogP contribution in [0.4, 0.5) is 0 Å². The summed E-state index contributed by atoms with van der Waals surface area (Å²) in [6.45, 7) is 1.74. The van der Waals surface area contributed by atoms with Gasteiger partial charge in [-0.15, -0.1) is 0 Å². The molecular formula is C21H24ClN3O4. The molecule has 1 aromatic carbocycles. The van der Waals surface area contributed by atoms with Gasteiger partial charge in [0.25, 0.3) is 5.91 Å². The summed E-state index contributed by atoms with van der Waals surface area (Å²) < 4.78 is 0. The summed E-state index contributed by atoms with van der Waals surface area (Å²) in [7, 11) is 0. The number of hydrogen-bond donors (Lipinski definition) is 4. The summed E-state index contributed by atoms with van der Waals surface area (Å²) in [5.74, 6) is -0.800. The van der Waals surface area contributed by atoms with Crippen molar-refractivity contribution in [3.05, 3.63) is 58.9 Å². The highest BCUT2D eigenvalue weighted by molar-refractivity contribution is 6.30. The van der Waals surface area contributed by atoms with Crippen molar-refractivity contribution in [2.45, 2.75) is 50.3 Å². The maximum absolute atomic E-state index is 12.7. The van der Waals surface area contributed by atoms with E-state index in [1.165, 1.54) is 24.4 Å². The lowest BCUT2D eigenvalue weighted by molar-refractivity contribution is -0.124. The molecule has 0 saturated heterocycles. The highest BCUT2D eigenvalue weighted by atomic mass is 35.5. The lowest BCUT2D eigenvalue weighted by Gasteiger charge is -2.43. The molecule has 0 spiro atoms. The predicted octanol–water partition coefficient (Wildman–Crippen LogP) is 2.55. The van der Waals surface area contributed by atoms with E-state index < -0.39 is 17.2 Å². The minimum atomic E-state index is -1.01. The molecule has 3 rings (SSSR count). The Morgan fingerprint density at radius 1 is 1.14 bits per heavy atom. The van der Waals surface area contributed by atoms with E-state index in [9.17, 15) is 19.8 Å². The second kappa shape index (κ2) is 8.39. The van der Waals surface area contributed by atoms with Gasteiger partial charge in [-0.25, -0.2) is 0 Å². The number of phenols is 1. The van der Waals surface area contributed by atoms with Crippen molar-refractivity contribution >= 4 is 23.4 Å². The van der Waals surface area contributed by atoms with Gasteiger partial charge in [-0.05, 0) is 62.9 Å². The standard InChI is InChI=1S/C21H24ClN3O4/c1-20(29)7-9-21(10-8-20,25-19(28)16-4-2-3-11-23-16)24-18(27)13-14-12-15(22)5-6-17(14)26/h2-6,11-12,26,29H,7-10,13H2,1H3,(H,24,27)(H,25,28). The number of halogens is 1. The minimum absolute atomic E-state index is 0.0253. The van der Waals surface area contributed by atoms with Crippen molar-refractivity contribution in [2.24, 2.45) is 0 Å². The van der Waals surface area contributed by atoms with Gasteiger partial charge in [0.1, 0.15) is 17.1 Å². The van der Waals surface area contributed by atoms with Crippen LogP contribution in [-0.4, -0.2) is 38.3 Å². The highest BCUT2D eigenvalue weighted by Gasteiger charge is 2.41. The number of aromatic hydroxyl groups is 1. The van der Waals surface area contributed by atoms with E-state index >= 15 is 0 Å². The van der Waals surface area contributed by atoms with Crippen LogP contribution < -0.4 is 10.6 Å². The van der Waals surface area contributed by atoms with E-state index in [0.29, 0.717) is 36.3 Å². The second-order valence-electron chi connectivity index (χ2n) is 7.75. The molecule has 0 unspecified atom stereocenters. The first-order chi connectivity index (χ1) is 13.7. The molecule has 1 aromatic heterocycles. The van der Waals surface area contributed by atoms with E-state index in [1.54, 1.807) is 25.1 Å². The summed E-state index contributed by atoms with van der Waals surface area (Å²) in [5, 5.41) is 26.5. The quantitative estimate of drug-likeness (QED) is 0.558. The Morgan fingerprint density at radius 2 is 1.86 bits per heavy atom. The number of aliphatic hydroxyl groups is 1. The van der Waals surface area contributed by atoms with Crippen LogP contribution in [0, 0.1) is 0 Å². The smallest absolute Gasteiger partial charge is 0.271 e. The zero-order valence-corrected chi connectivity index (χ0v) is 16.9. The Morgan fingerprint density at radius 3 is 2.52 bits per heavy atom. The van der Waals surface area contributed by atoms with E-state index in [-0.39, 0.29) is 23.8 Å². The Hall–Kier alpha value is -2.64. The fourth-order valence-electron chi connectivity index (χ4n) is 3.45. The molecule has 0 atom stereocenters. The number of pyridine rings is 1. The molecule has 4 N–H and O–H groups in total. The molecule has 154 valence electrons. The summed E-state index contributed by atoms with van der Waals surface area (Å²) in [4.78, 5) is 29.5. The Bertz CT molecular complexity index is 892. The van der Waals surface area contributed by atoms with E-state index in [2.05, 4.69) is 15.6 Å². The van der Waals surface area contributed by atoms with Crippen LogP contribution in [0.3, 0.4) is 0 Å². The molecule has 1 fully saturated rings. The number of benzene rings is 1. The molecule has 1 aliphatic carbocycles. The van der Waals surface area contributed by atoms with Crippen LogP contribution in [0.2, 0.25) is 5.02 Å². The topological polar surface area (TPSA) is 112 Å². The summed E-state index contributed by atoms with van der Waals surface area (Å²) in [6, 6.07) is 9.51. The summed E-state index contributed by atoms with van der Waals surface area (Å²) in [5.41, 5.74) is -1.23. The fourth-order valence-corrected chi connectivity index (χ4v) is 3.65. The number of phenolic OH excluding ortho intramolecular Hbond substituents is 1. The number of amides is 2. The number of aromatic nitrogens is 1. The van der Waals surface area contributed by atoms with Crippen LogP contribution in [0.25, 0.3) is 0 Å². The van der Waals surface area contributed by atoms with Crippen molar-refractivity contribution in [1.82, 2.24) is 15.6 Å². The fraction of sp³-hybridized carbons (Fsp3) is 0.381. The first kappa shape index (κ1) is 21.1. The van der Waals surface area contributed by atoms with Gasteiger partial charge in [-0.3, -0.25) is 14.6 Å². The molecule has 29 heavy (non-hydrogen) atoms. The van der Waals surface area contributed by atoms with Crippen molar-refractivity contribution < 1.29 is 19.8 Å². The van der Waals surface area contributed by atoms with Gasteiger partial charge in [0.2, 0.25) is 5.91 Å². The number of hydrogen-bond acceptors (Lipinski definition) is 5. The third-order valence-corrected chi connectivity index (χ3v) is 5.44. The van der Waals surface area contributed by atoms with Crippen molar-refractivity contribution in [3.63, 3.8) is 0 Å².